The standard InChI is InChI=1S/C24H22F2N4O5/c1-3-28(15-8-9-19-20(12-15)35-24(25,26)34-19)21(31)14-30-23(32)22-16-6-4-5-7-17(16)29(10-11-33-2)18(22)13-27-30/h4-9,12-13H,3,10-11,14H2,1-2H3. The Bertz CT molecular complexity index is 1500. The van der Waals surface area contributed by atoms with Crippen LogP contribution in [-0.2, 0) is 22.6 Å². The molecule has 9 nitrogen and oxygen atoms in total. The molecule has 0 bridgehead atoms. The summed E-state index contributed by atoms with van der Waals surface area (Å²) in [5, 5.41) is 5.47. The van der Waals surface area contributed by atoms with Crippen LogP contribution in [0.4, 0.5) is 14.5 Å². The Kier molecular flexibility index (Phi) is 5.64. The second-order valence-electron chi connectivity index (χ2n) is 7.97. The number of para-hydroxylation sites is 1. The molecule has 0 spiro atoms. The highest BCUT2D eigenvalue weighted by Crippen LogP contribution is 2.42. The van der Waals surface area contributed by atoms with Gasteiger partial charge in [0, 0.05) is 42.9 Å². The van der Waals surface area contributed by atoms with Gasteiger partial charge in [-0.15, -0.1) is 8.78 Å². The topological polar surface area (TPSA) is 87.8 Å². The lowest BCUT2D eigenvalue weighted by Gasteiger charge is -2.21. The maximum absolute atomic E-state index is 13.4. The zero-order chi connectivity index (χ0) is 24.7. The number of halogens is 2. The summed E-state index contributed by atoms with van der Waals surface area (Å²) >= 11 is 0. The van der Waals surface area contributed by atoms with E-state index >= 15 is 0 Å². The van der Waals surface area contributed by atoms with Crippen LogP contribution in [0.25, 0.3) is 21.8 Å². The van der Waals surface area contributed by atoms with E-state index in [9.17, 15) is 18.4 Å². The Morgan fingerprint density at radius 3 is 2.69 bits per heavy atom. The van der Waals surface area contributed by atoms with Gasteiger partial charge < -0.3 is 23.7 Å². The number of anilines is 1. The highest BCUT2D eigenvalue weighted by Gasteiger charge is 2.43. The largest absolute Gasteiger partial charge is 0.586 e. The highest BCUT2D eigenvalue weighted by atomic mass is 19.3. The second-order valence-corrected chi connectivity index (χ2v) is 7.97. The van der Waals surface area contributed by atoms with Gasteiger partial charge in [0.25, 0.3) is 5.56 Å². The summed E-state index contributed by atoms with van der Waals surface area (Å²) in [6, 6.07) is 11.6. The Morgan fingerprint density at radius 2 is 1.91 bits per heavy atom. The van der Waals surface area contributed by atoms with Crippen molar-refractivity contribution >= 4 is 33.4 Å². The van der Waals surface area contributed by atoms with E-state index in [1.54, 1.807) is 20.2 Å². The monoisotopic (exact) mass is 484 g/mol. The van der Waals surface area contributed by atoms with Crippen LogP contribution in [0.5, 0.6) is 11.5 Å². The minimum Gasteiger partial charge on any atom is -0.395 e. The lowest BCUT2D eigenvalue weighted by Crippen LogP contribution is -2.37. The van der Waals surface area contributed by atoms with Crippen LogP contribution in [-0.4, -0.2) is 46.8 Å². The molecule has 0 atom stereocenters. The van der Waals surface area contributed by atoms with Gasteiger partial charge in [0.05, 0.1) is 23.7 Å². The van der Waals surface area contributed by atoms with Crippen molar-refractivity contribution in [1.29, 1.82) is 0 Å². The van der Waals surface area contributed by atoms with Crippen molar-refractivity contribution in [2.45, 2.75) is 26.3 Å². The number of hydrogen-bond donors (Lipinski definition) is 0. The van der Waals surface area contributed by atoms with E-state index in [2.05, 4.69) is 14.6 Å². The third kappa shape index (κ3) is 3.97. The van der Waals surface area contributed by atoms with E-state index in [-0.39, 0.29) is 24.6 Å². The predicted octanol–water partition coefficient (Wildman–Crippen LogP) is 3.37. The first kappa shape index (κ1) is 22.8. The van der Waals surface area contributed by atoms with Gasteiger partial charge in [-0.2, -0.15) is 5.10 Å². The van der Waals surface area contributed by atoms with E-state index < -0.39 is 17.8 Å². The van der Waals surface area contributed by atoms with Gasteiger partial charge in [0.2, 0.25) is 5.91 Å². The van der Waals surface area contributed by atoms with Crippen molar-refractivity contribution in [3.63, 3.8) is 0 Å². The maximum atomic E-state index is 13.4. The van der Waals surface area contributed by atoms with Crippen molar-refractivity contribution in [3.05, 3.63) is 59.0 Å². The number of carbonyl (C=O) groups is 1. The summed E-state index contributed by atoms with van der Waals surface area (Å²) in [6.07, 6.45) is -2.18. The van der Waals surface area contributed by atoms with Crippen molar-refractivity contribution < 1.29 is 27.8 Å². The normalized spacial score (nSPS) is 14.1. The predicted molar refractivity (Wildman–Crippen MR) is 124 cm³/mol. The van der Waals surface area contributed by atoms with Crippen molar-refractivity contribution in [2.75, 3.05) is 25.2 Å². The van der Waals surface area contributed by atoms with Gasteiger partial charge in [0.15, 0.2) is 11.5 Å². The van der Waals surface area contributed by atoms with Gasteiger partial charge in [-0.25, -0.2) is 4.68 Å². The van der Waals surface area contributed by atoms with Crippen LogP contribution in [0.1, 0.15) is 6.92 Å². The van der Waals surface area contributed by atoms with E-state index in [0.717, 1.165) is 15.6 Å². The number of methoxy groups -OCH3 is 1. The highest BCUT2D eigenvalue weighted by molar-refractivity contribution is 6.07. The minimum atomic E-state index is -3.75. The smallest absolute Gasteiger partial charge is 0.395 e. The molecule has 1 amide bonds. The van der Waals surface area contributed by atoms with Crippen molar-refractivity contribution in [2.24, 2.45) is 0 Å². The van der Waals surface area contributed by atoms with Crippen molar-refractivity contribution in [1.82, 2.24) is 14.3 Å². The zero-order valence-corrected chi connectivity index (χ0v) is 19.0. The van der Waals surface area contributed by atoms with Gasteiger partial charge >= 0.3 is 6.29 Å². The summed E-state index contributed by atoms with van der Waals surface area (Å²) in [4.78, 5) is 27.9. The van der Waals surface area contributed by atoms with E-state index in [4.69, 9.17) is 4.74 Å². The maximum Gasteiger partial charge on any atom is 0.586 e. The molecule has 11 heteroatoms. The summed E-state index contributed by atoms with van der Waals surface area (Å²) in [5.41, 5.74) is 1.46. The van der Waals surface area contributed by atoms with Crippen LogP contribution >= 0.6 is 0 Å². The number of aromatic nitrogens is 3. The number of benzene rings is 2. The minimum absolute atomic E-state index is 0.115. The van der Waals surface area contributed by atoms with Crippen LogP contribution in [0.2, 0.25) is 0 Å². The molecule has 1 aliphatic rings. The third-order valence-electron chi connectivity index (χ3n) is 5.90. The molecule has 182 valence electrons. The molecule has 0 N–H and O–H groups in total. The molecule has 1 aliphatic heterocycles. The van der Waals surface area contributed by atoms with Crippen molar-refractivity contribution in [3.8, 4) is 11.5 Å². The number of nitrogens with zero attached hydrogens (tertiary/aromatic N) is 4. The fourth-order valence-electron chi connectivity index (χ4n) is 4.35. The first-order valence-electron chi connectivity index (χ1n) is 11.0. The lowest BCUT2D eigenvalue weighted by molar-refractivity contribution is -0.286. The number of alkyl halides is 2. The summed E-state index contributed by atoms with van der Waals surface area (Å²) in [7, 11) is 1.61. The number of carbonyl (C=O) groups excluding carboxylic acids is 1. The number of fused-ring (bicyclic) bond motifs is 4. The number of rotatable bonds is 7. The first-order chi connectivity index (χ1) is 16.8. The molecule has 2 aromatic carbocycles. The molecular weight excluding hydrogens is 462 g/mol. The molecule has 0 saturated carbocycles. The third-order valence-corrected chi connectivity index (χ3v) is 5.90. The van der Waals surface area contributed by atoms with Gasteiger partial charge in [0.1, 0.15) is 6.54 Å². The number of ether oxygens (including phenoxy) is 3. The zero-order valence-electron chi connectivity index (χ0n) is 19.0. The van der Waals surface area contributed by atoms with Gasteiger partial charge in [-0.05, 0) is 25.1 Å². The molecule has 0 saturated heterocycles. The summed E-state index contributed by atoms with van der Waals surface area (Å²) < 4.78 is 43.9. The van der Waals surface area contributed by atoms with Crippen LogP contribution in [0.15, 0.2) is 53.5 Å². The van der Waals surface area contributed by atoms with Gasteiger partial charge in [-0.3, -0.25) is 9.59 Å². The number of amides is 1. The Balaban J connectivity index is 1.49. The van der Waals surface area contributed by atoms with E-state index in [1.165, 1.54) is 23.1 Å². The number of likely N-dealkylation sites (N-methyl/N-ethyl adjacent to an activating group) is 1. The molecule has 0 fully saturated rings. The molecule has 0 radical (unpaired) electrons. The van der Waals surface area contributed by atoms with Gasteiger partial charge in [-0.1, -0.05) is 18.2 Å². The van der Waals surface area contributed by atoms with Crippen LogP contribution in [0, 0.1) is 0 Å². The molecule has 0 unspecified atom stereocenters. The number of hydrogen-bond acceptors (Lipinski definition) is 6. The Labute approximate surface area is 198 Å². The summed E-state index contributed by atoms with van der Waals surface area (Å²) in [6.45, 7) is 2.65. The molecule has 0 aliphatic carbocycles. The molecule has 5 rings (SSSR count). The van der Waals surface area contributed by atoms with Crippen LogP contribution in [0.3, 0.4) is 0 Å². The average molecular weight is 484 g/mol. The molecular formula is C24H22F2N4O5. The fourth-order valence-corrected chi connectivity index (χ4v) is 4.35. The quantitative estimate of drug-likeness (QED) is 0.400. The molecule has 4 aromatic rings. The average Bonchev–Trinajstić information content (AvgIpc) is 3.32. The van der Waals surface area contributed by atoms with E-state index in [1.807, 2.05) is 28.8 Å². The van der Waals surface area contributed by atoms with E-state index in [0.29, 0.717) is 29.7 Å². The fraction of sp³-hybridized carbons (Fsp3) is 0.292. The Morgan fingerprint density at radius 1 is 1.14 bits per heavy atom. The molecule has 3 heterocycles. The second kappa shape index (κ2) is 8.66. The molecule has 35 heavy (non-hydrogen) atoms. The van der Waals surface area contributed by atoms with Crippen LogP contribution < -0.4 is 19.9 Å². The lowest BCUT2D eigenvalue weighted by atomic mass is 10.2. The first-order valence-corrected chi connectivity index (χ1v) is 11.0. The SMILES string of the molecule is CCN(C(=O)Cn1ncc2c(c1=O)c1ccccc1n2CCOC)c1ccc2c(c1)OC(F)(F)O2. The summed E-state index contributed by atoms with van der Waals surface area (Å²) in [5.74, 6) is -0.718. The Hall–Kier alpha value is -3.99. The molecule has 2 aromatic heterocycles.